The smallest absolute Gasteiger partial charge is 0.131 e. The summed E-state index contributed by atoms with van der Waals surface area (Å²) in [5.41, 5.74) is 7.18. The largest absolute Gasteiger partial charge is 0.356 e. The van der Waals surface area contributed by atoms with Crippen molar-refractivity contribution >= 4 is 5.82 Å². The number of rotatable bonds is 4. The Labute approximate surface area is 104 Å². The Kier molecular flexibility index (Phi) is 4.00. The molecule has 94 valence electrons. The number of nitrogens with two attached hydrogens (primary N) is 1. The van der Waals surface area contributed by atoms with E-state index in [2.05, 4.69) is 23.0 Å². The van der Waals surface area contributed by atoms with Crippen LogP contribution in [-0.4, -0.2) is 24.1 Å². The summed E-state index contributed by atoms with van der Waals surface area (Å²) in [5.74, 6) is 1.12. The molecule has 3 nitrogen and oxygen atoms in total. The molecule has 1 saturated carbocycles. The van der Waals surface area contributed by atoms with E-state index < -0.39 is 0 Å². The molecule has 17 heavy (non-hydrogen) atoms. The minimum Gasteiger partial charge on any atom is -0.356 e. The van der Waals surface area contributed by atoms with Gasteiger partial charge < -0.3 is 10.6 Å². The van der Waals surface area contributed by atoms with Gasteiger partial charge in [0.25, 0.3) is 0 Å². The molecule has 1 aliphatic carbocycles. The molecule has 1 heterocycles. The molecule has 0 spiro atoms. The molecule has 1 atom stereocenters. The second kappa shape index (κ2) is 5.50. The number of pyridine rings is 1. The highest BCUT2D eigenvalue weighted by Gasteiger charge is 2.22. The van der Waals surface area contributed by atoms with Gasteiger partial charge in [-0.15, -0.1) is 0 Å². The molecule has 1 aromatic rings. The molecule has 0 aromatic carbocycles. The summed E-state index contributed by atoms with van der Waals surface area (Å²) in [6.07, 6.45) is 8.08. The molecule has 2 N–H and O–H groups in total. The van der Waals surface area contributed by atoms with E-state index in [4.69, 9.17) is 5.73 Å². The van der Waals surface area contributed by atoms with Crippen LogP contribution in [0.2, 0.25) is 0 Å². The monoisotopic (exact) mass is 233 g/mol. The molecule has 1 fully saturated rings. The van der Waals surface area contributed by atoms with Crippen molar-refractivity contribution in [3.8, 4) is 0 Å². The van der Waals surface area contributed by atoms with Gasteiger partial charge in [0.15, 0.2) is 0 Å². The van der Waals surface area contributed by atoms with Gasteiger partial charge in [-0.25, -0.2) is 4.98 Å². The van der Waals surface area contributed by atoms with Crippen LogP contribution in [0.25, 0.3) is 0 Å². The molecule has 1 unspecified atom stereocenters. The van der Waals surface area contributed by atoms with Crippen molar-refractivity contribution in [2.24, 2.45) is 5.73 Å². The summed E-state index contributed by atoms with van der Waals surface area (Å²) in [4.78, 5) is 6.90. The zero-order chi connectivity index (χ0) is 12.3. The van der Waals surface area contributed by atoms with E-state index >= 15 is 0 Å². The normalized spacial score (nSPS) is 18.3. The fourth-order valence-corrected chi connectivity index (χ4v) is 2.72. The molecular weight excluding hydrogens is 210 g/mol. The average Bonchev–Trinajstić information content (AvgIpc) is 2.81. The summed E-state index contributed by atoms with van der Waals surface area (Å²) < 4.78 is 0. The third kappa shape index (κ3) is 2.97. The maximum absolute atomic E-state index is 5.90. The van der Waals surface area contributed by atoms with Crippen LogP contribution < -0.4 is 10.6 Å². The highest BCUT2D eigenvalue weighted by Crippen LogP contribution is 2.27. The van der Waals surface area contributed by atoms with Crippen LogP contribution in [-0.2, 0) is 6.42 Å². The predicted molar refractivity (Wildman–Crippen MR) is 72.2 cm³/mol. The number of nitrogens with zero attached hydrogens (tertiary/aromatic N) is 2. The lowest BCUT2D eigenvalue weighted by molar-refractivity contribution is 0.639. The van der Waals surface area contributed by atoms with Gasteiger partial charge in [-0.1, -0.05) is 18.9 Å². The van der Waals surface area contributed by atoms with Gasteiger partial charge in [0.05, 0.1) is 0 Å². The van der Waals surface area contributed by atoms with E-state index in [-0.39, 0.29) is 6.04 Å². The Hall–Kier alpha value is -1.09. The van der Waals surface area contributed by atoms with Crippen LogP contribution in [0.5, 0.6) is 0 Å². The Morgan fingerprint density at radius 3 is 2.82 bits per heavy atom. The number of aromatic nitrogens is 1. The van der Waals surface area contributed by atoms with Crippen LogP contribution in [0.3, 0.4) is 0 Å². The van der Waals surface area contributed by atoms with E-state index in [0.717, 1.165) is 12.2 Å². The van der Waals surface area contributed by atoms with Crippen molar-refractivity contribution in [2.75, 3.05) is 11.9 Å². The van der Waals surface area contributed by atoms with Gasteiger partial charge in [0.2, 0.25) is 0 Å². The first-order valence-electron chi connectivity index (χ1n) is 6.61. The molecule has 0 aliphatic heterocycles. The first-order chi connectivity index (χ1) is 8.18. The molecule has 3 heteroatoms. The third-order valence-corrected chi connectivity index (χ3v) is 3.62. The van der Waals surface area contributed by atoms with Crippen molar-refractivity contribution in [1.82, 2.24) is 4.98 Å². The van der Waals surface area contributed by atoms with E-state index in [1.165, 1.54) is 31.2 Å². The van der Waals surface area contributed by atoms with Gasteiger partial charge in [0.1, 0.15) is 5.82 Å². The zero-order valence-corrected chi connectivity index (χ0v) is 10.9. The number of anilines is 1. The first-order valence-corrected chi connectivity index (χ1v) is 6.61. The molecular formula is C14H23N3. The minimum absolute atomic E-state index is 0.190. The van der Waals surface area contributed by atoms with Crippen LogP contribution in [0.4, 0.5) is 5.82 Å². The molecule has 0 amide bonds. The Morgan fingerprint density at radius 1 is 1.47 bits per heavy atom. The van der Waals surface area contributed by atoms with Crippen molar-refractivity contribution in [3.63, 3.8) is 0 Å². The van der Waals surface area contributed by atoms with E-state index in [1.54, 1.807) is 0 Å². The molecule has 1 aliphatic rings. The topological polar surface area (TPSA) is 42.1 Å². The van der Waals surface area contributed by atoms with Gasteiger partial charge in [-0.3, -0.25) is 0 Å². The second-order valence-corrected chi connectivity index (χ2v) is 5.22. The van der Waals surface area contributed by atoms with Gasteiger partial charge in [-0.2, -0.15) is 0 Å². The van der Waals surface area contributed by atoms with Crippen molar-refractivity contribution in [3.05, 3.63) is 23.9 Å². The summed E-state index contributed by atoms with van der Waals surface area (Å²) in [6, 6.07) is 5.01. The van der Waals surface area contributed by atoms with Crippen LogP contribution >= 0.6 is 0 Å². The van der Waals surface area contributed by atoms with Gasteiger partial charge >= 0.3 is 0 Å². The van der Waals surface area contributed by atoms with Crippen LogP contribution in [0.15, 0.2) is 18.3 Å². The molecule has 1 aromatic heterocycles. The standard InChI is InChI=1S/C14H23N3/c1-11(15)10-12-6-5-9-16-14(12)17(2)13-7-3-4-8-13/h5-6,9,11,13H,3-4,7-8,10,15H2,1-2H3. The van der Waals surface area contributed by atoms with Gasteiger partial charge in [0, 0.05) is 25.3 Å². The summed E-state index contributed by atoms with van der Waals surface area (Å²) in [6.45, 7) is 2.05. The summed E-state index contributed by atoms with van der Waals surface area (Å²) in [5, 5.41) is 0. The molecule has 2 rings (SSSR count). The van der Waals surface area contributed by atoms with E-state index in [9.17, 15) is 0 Å². The molecule has 0 saturated heterocycles. The molecule has 0 radical (unpaired) electrons. The highest BCUT2D eigenvalue weighted by molar-refractivity contribution is 5.47. The maximum Gasteiger partial charge on any atom is 0.131 e. The van der Waals surface area contributed by atoms with Crippen molar-refractivity contribution in [1.29, 1.82) is 0 Å². The van der Waals surface area contributed by atoms with Crippen molar-refractivity contribution < 1.29 is 0 Å². The van der Waals surface area contributed by atoms with Crippen molar-refractivity contribution in [2.45, 2.75) is 51.1 Å². The second-order valence-electron chi connectivity index (χ2n) is 5.22. The first kappa shape index (κ1) is 12.4. The Balaban J connectivity index is 2.18. The number of hydrogen-bond acceptors (Lipinski definition) is 3. The third-order valence-electron chi connectivity index (χ3n) is 3.62. The Morgan fingerprint density at radius 2 is 2.18 bits per heavy atom. The lowest BCUT2D eigenvalue weighted by Gasteiger charge is -2.27. The quantitative estimate of drug-likeness (QED) is 0.868. The Bertz CT molecular complexity index is 356. The fourth-order valence-electron chi connectivity index (χ4n) is 2.72. The zero-order valence-electron chi connectivity index (χ0n) is 10.9. The lowest BCUT2D eigenvalue weighted by Crippen LogP contribution is -2.31. The maximum atomic E-state index is 5.90. The van der Waals surface area contributed by atoms with Crippen LogP contribution in [0.1, 0.15) is 38.2 Å². The number of hydrogen-bond donors (Lipinski definition) is 1. The SMILES string of the molecule is CC(N)Cc1cccnc1N(C)C1CCCC1. The lowest BCUT2D eigenvalue weighted by atomic mass is 10.1. The van der Waals surface area contributed by atoms with Crippen LogP contribution in [0, 0.1) is 0 Å². The summed E-state index contributed by atoms with van der Waals surface area (Å²) >= 11 is 0. The average molecular weight is 233 g/mol. The van der Waals surface area contributed by atoms with E-state index in [1.807, 2.05) is 19.2 Å². The van der Waals surface area contributed by atoms with Gasteiger partial charge in [-0.05, 0) is 37.8 Å². The minimum atomic E-state index is 0.190. The fraction of sp³-hybridized carbons (Fsp3) is 0.643. The summed E-state index contributed by atoms with van der Waals surface area (Å²) in [7, 11) is 2.17. The van der Waals surface area contributed by atoms with E-state index in [0.29, 0.717) is 6.04 Å². The molecule has 0 bridgehead atoms. The highest BCUT2D eigenvalue weighted by atomic mass is 15.2. The predicted octanol–water partition coefficient (Wildman–Crippen LogP) is 2.35.